The molecule has 18 heavy (non-hydrogen) atoms. The van der Waals surface area contributed by atoms with Crippen molar-refractivity contribution < 1.29 is 39.5 Å². The minimum absolute atomic E-state index is 0.0713. The Morgan fingerprint density at radius 2 is 1.89 bits per heavy atom. The van der Waals surface area contributed by atoms with Gasteiger partial charge in [0.25, 0.3) is 0 Å². The Morgan fingerprint density at radius 3 is 2.17 bits per heavy atom. The molecule has 0 rings (SSSR count). The Bertz CT molecular complexity index is 350. The van der Waals surface area contributed by atoms with Crippen molar-refractivity contribution in [3.8, 4) is 0 Å². The predicted molar refractivity (Wildman–Crippen MR) is 56.7 cm³/mol. The largest absolute Gasteiger partial charge is 0.481 e. The van der Waals surface area contributed by atoms with Crippen molar-refractivity contribution in [2.75, 3.05) is 6.61 Å². The molecule has 0 aromatic rings. The van der Waals surface area contributed by atoms with Crippen molar-refractivity contribution in [1.82, 2.24) is 0 Å². The van der Waals surface area contributed by atoms with Gasteiger partial charge in [0.2, 0.25) is 5.60 Å². The van der Waals surface area contributed by atoms with Gasteiger partial charge >= 0.3 is 17.9 Å². The third-order valence-corrected chi connectivity index (χ3v) is 2.11. The van der Waals surface area contributed by atoms with Crippen LogP contribution in [0.3, 0.4) is 0 Å². The second-order valence-electron chi connectivity index (χ2n) is 3.31. The van der Waals surface area contributed by atoms with E-state index >= 15 is 0 Å². The van der Waals surface area contributed by atoms with Crippen molar-refractivity contribution >= 4 is 17.9 Å². The van der Waals surface area contributed by atoms with Gasteiger partial charge in [0.1, 0.15) is 5.92 Å². The van der Waals surface area contributed by atoms with E-state index in [4.69, 9.17) is 15.3 Å². The minimum atomic E-state index is -2.56. The second-order valence-corrected chi connectivity index (χ2v) is 3.31. The van der Waals surface area contributed by atoms with Crippen LogP contribution in [0.4, 0.5) is 0 Å². The van der Waals surface area contributed by atoms with E-state index in [9.17, 15) is 14.4 Å². The van der Waals surface area contributed by atoms with Crippen LogP contribution in [0.1, 0.15) is 13.3 Å². The number of hydrogen-bond acceptors (Lipinski definition) is 5. The first kappa shape index (κ1) is 16.1. The summed E-state index contributed by atoms with van der Waals surface area (Å²) in [6.07, 6.45) is -0.288. The van der Waals surface area contributed by atoms with Crippen LogP contribution in [0.25, 0.3) is 0 Å². The van der Waals surface area contributed by atoms with Crippen LogP contribution in [0, 0.1) is 5.92 Å². The molecule has 0 aliphatic carbocycles. The monoisotopic (exact) mass is 262 g/mol. The van der Waals surface area contributed by atoms with Gasteiger partial charge in [0, 0.05) is 0 Å². The SMILES string of the molecule is C=CC(C(=O)O)C(CC(=O)O)(OOCC)C(=O)O. The van der Waals surface area contributed by atoms with Crippen LogP contribution < -0.4 is 0 Å². The van der Waals surface area contributed by atoms with Crippen LogP contribution in [0.5, 0.6) is 0 Å². The quantitative estimate of drug-likeness (QED) is 0.304. The van der Waals surface area contributed by atoms with Crippen LogP contribution >= 0.6 is 0 Å². The smallest absolute Gasteiger partial charge is 0.341 e. The summed E-state index contributed by atoms with van der Waals surface area (Å²) >= 11 is 0. The molecule has 0 saturated carbocycles. The molecule has 0 radical (unpaired) electrons. The van der Waals surface area contributed by atoms with Crippen molar-refractivity contribution in [1.29, 1.82) is 0 Å². The fraction of sp³-hybridized carbons (Fsp3) is 0.500. The molecule has 0 amide bonds. The molecular weight excluding hydrogens is 248 g/mol. The number of carbonyl (C=O) groups is 3. The summed E-state index contributed by atoms with van der Waals surface area (Å²) in [7, 11) is 0. The number of carboxylic acid groups (broad SMARTS) is 3. The lowest BCUT2D eigenvalue weighted by Gasteiger charge is -2.29. The minimum Gasteiger partial charge on any atom is -0.481 e. The van der Waals surface area contributed by atoms with Gasteiger partial charge in [-0.15, -0.1) is 6.58 Å². The third kappa shape index (κ3) is 3.54. The maximum Gasteiger partial charge on any atom is 0.341 e. The zero-order chi connectivity index (χ0) is 14.3. The topological polar surface area (TPSA) is 130 Å². The van der Waals surface area contributed by atoms with Crippen LogP contribution in [-0.2, 0) is 24.2 Å². The molecule has 0 aliphatic heterocycles. The second kappa shape index (κ2) is 6.72. The lowest BCUT2D eigenvalue weighted by Crippen LogP contribution is -2.52. The maximum atomic E-state index is 11.2. The van der Waals surface area contributed by atoms with E-state index in [1.807, 2.05) is 0 Å². The van der Waals surface area contributed by atoms with E-state index in [1.165, 1.54) is 6.92 Å². The van der Waals surface area contributed by atoms with Gasteiger partial charge in [0.05, 0.1) is 13.0 Å². The number of carboxylic acids is 3. The van der Waals surface area contributed by atoms with Gasteiger partial charge in [-0.05, 0) is 6.92 Å². The summed E-state index contributed by atoms with van der Waals surface area (Å²) in [5.41, 5.74) is -2.56. The van der Waals surface area contributed by atoms with E-state index in [-0.39, 0.29) is 6.61 Å². The van der Waals surface area contributed by atoms with E-state index in [2.05, 4.69) is 16.4 Å². The predicted octanol–water partition coefficient (Wildman–Crippen LogP) is 0.139. The lowest BCUT2D eigenvalue weighted by molar-refractivity contribution is -0.358. The normalized spacial score (nSPS) is 15.4. The van der Waals surface area contributed by atoms with Gasteiger partial charge in [0.15, 0.2) is 0 Å². The number of hydrogen-bond donors (Lipinski definition) is 3. The van der Waals surface area contributed by atoms with Crippen LogP contribution in [0.2, 0.25) is 0 Å². The standard InChI is InChI=1S/C10H14O8/c1-3-6(8(13)14)10(9(15)16,5-7(11)12)18-17-4-2/h3,6H,1,4-5H2,2H3,(H,11,12)(H,13,14)(H,15,16). The van der Waals surface area contributed by atoms with E-state index < -0.39 is 35.8 Å². The Balaban J connectivity index is 5.55. The molecule has 2 unspecified atom stereocenters. The highest BCUT2D eigenvalue weighted by atomic mass is 17.2. The first-order valence-corrected chi connectivity index (χ1v) is 4.93. The molecule has 0 bridgehead atoms. The van der Waals surface area contributed by atoms with Crippen molar-refractivity contribution in [2.24, 2.45) is 5.92 Å². The van der Waals surface area contributed by atoms with Crippen LogP contribution in [0.15, 0.2) is 12.7 Å². The molecule has 102 valence electrons. The van der Waals surface area contributed by atoms with Crippen LogP contribution in [-0.4, -0.2) is 45.4 Å². The lowest BCUT2D eigenvalue weighted by atomic mass is 9.84. The Hall–Kier alpha value is -1.93. The fourth-order valence-corrected chi connectivity index (χ4v) is 1.31. The van der Waals surface area contributed by atoms with Gasteiger partial charge in [-0.3, -0.25) is 9.59 Å². The van der Waals surface area contributed by atoms with Gasteiger partial charge < -0.3 is 15.3 Å². The molecule has 0 aromatic carbocycles. The summed E-state index contributed by atoms with van der Waals surface area (Å²) in [6.45, 7) is 4.57. The summed E-state index contributed by atoms with van der Waals surface area (Å²) in [6, 6.07) is 0. The summed E-state index contributed by atoms with van der Waals surface area (Å²) in [4.78, 5) is 41.8. The summed E-state index contributed by atoms with van der Waals surface area (Å²) in [5.74, 6) is -6.64. The summed E-state index contributed by atoms with van der Waals surface area (Å²) in [5, 5.41) is 26.7. The molecule has 0 fully saturated rings. The van der Waals surface area contributed by atoms with Gasteiger partial charge in [-0.1, -0.05) is 6.08 Å². The van der Waals surface area contributed by atoms with E-state index in [0.717, 1.165) is 6.08 Å². The first-order chi connectivity index (χ1) is 8.31. The molecular formula is C10H14O8. The van der Waals surface area contributed by atoms with Gasteiger partial charge in [-0.2, -0.15) is 0 Å². The Kier molecular flexibility index (Phi) is 6.00. The molecule has 8 heteroatoms. The zero-order valence-corrected chi connectivity index (χ0v) is 9.66. The molecule has 0 saturated heterocycles. The van der Waals surface area contributed by atoms with E-state index in [1.54, 1.807) is 0 Å². The average Bonchev–Trinajstić information content (AvgIpc) is 2.24. The third-order valence-electron chi connectivity index (χ3n) is 2.11. The van der Waals surface area contributed by atoms with Crippen molar-refractivity contribution in [2.45, 2.75) is 18.9 Å². The number of rotatable bonds is 9. The molecule has 8 nitrogen and oxygen atoms in total. The van der Waals surface area contributed by atoms with Crippen molar-refractivity contribution in [3.05, 3.63) is 12.7 Å². The maximum absolute atomic E-state index is 11.2. The first-order valence-electron chi connectivity index (χ1n) is 4.93. The molecule has 0 aliphatic rings. The highest BCUT2D eigenvalue weighted by Gasteiger charge is 2.53. The molecule has 3 N–H and O–H groups in total. The molecule has 0 heterocycles. The summed E-state index contributed by atoms with van der Waals surface area (Å²) < 4.78 is 0. The average molecular weight is 262 g/mol. The van der Waals surface area contributed by atoms with E-state index in [0.29, 0.717) is 0 Å². The molecule has 2 atom stereocenters. The Labute approximate surface area is 102 Å². The highest BCUT2D eigenvalue weighted by molar-refractivity contribution is 5.90. The Morgan fingerprint density at radius 1 is 1.33 bits per heavy atom. The molecule has 0 aromatic heterocycles. The van der Waals surface area contributed by atoms with Crippen molar-refractivity contribution in [3.63, 3.8) is 0 Å². The van der Waals surface area contributed by atoms with Gasteiger partial charge in [-0.25, -0.2) is 14.6 Å². The zero-order valence-electron chi connectivity index (χ0n) is 9.66. The number of aliphatic carboxylic acids is 3. The molecule has 0 spiro atoms. The highest BCUT2D eigenvalue weighted by Crippen LogP contribution is 2.29. The fourth-order valence-electron chi connectivity index (χ4n) is 1.31.